The third-order valence-electron chi connectivity index (χ3n) is 3.94. The van der Waals surface area contributed by atoms with E-state index < -0.39 is 33.4 Å². The van der Waals surface area contributed by atoms with E-state index in [0.717, 1.165) is 6.42 Å². The largest absolute Gasteiger partial charge is 0.299 e. The van der Waals surface area contributed by atoms with Crippen LogP contribution < -0.4 is 10.0 Å². The first-order chi connectivity index (χ1) is 13.3. The van der Waals surface area contributed by atoms with E-state index >= 15 is 0 Å². The molecule has 1 aliphatic rings. The molecule has 2 heterocycles. The smallest absolute Gasteiger partial charge is 0.291 e. The number of hydrogen-bond donors (Lipinski definition) is 2. The van der Waals surface area contributed by atoms with Crippen molar-refractivity contribution in [3.8, 4) is 0 Å². The molecule has 0 bridgehead atoms. The summed E-state index contributed by atoms with van der Waals surface area (Å²) in [7, 11) is -3.73. The Labute approximate surface area is 164 Å². The average molecular weight is 429 g/mol. The van der Waals surface area contributed by atoms with Gasteiger partial charge in [-0.1, -0.05) is 43.2 Å². The maximum absolute atomic E-state index is 12.6. The third-order valence-corrected chi connectivity index (χ3v) is 6.18. The Morgan fingerprint density at radius 2 is 2.07 bits per heavy atom. The molecule has 1 amide bonds. The van der Waals surface area contributed by atoms with Crippen LogP contribution in [0.15, 0.2) is 34.2 Å². The summed E-state index contributed by atoms with van der Waals surface area (Å²) in [6, 6.07) is 5.40. The van der Waals surface area contributed by atoms with E-state index in [1.165, 1.54) is 6.07 Å². The summed E-state index contributed by atoms with van der Waals surface area (Å²) in [4.78, 5) is 17.0. The monoisotopic (exact) mass is 429 g/mol. The number of benzene rings is 1. The van der Waals surface area contributed by atoms with Gasteiger partial charge in [0.1, 0.15) is 11.9 Å². The summed E-state index contributed by atoms with van der Waals surface area (Å²) in [6.45, 7) is 1.94. The third kappa shape index (κ3) is 4.33. The van der Waals surface area contributed by atoms with Crippen molar-refractivity contribution in [3.63, 3.8) is 0 Å². The van der Waals surface area contributed by atoms with E-state index in [2.05, 4.69) is 25.2 Å². The van der Waals surface area contributed by atoms with Crippen LogP contribution in [-0.4, -0.2) is 36.4 Å². The van der Waals surface area contributed by atoms with Crippen LogP contribution in [0.25, 0.3) is 0 Å². The quantitative estimate of drug-likeness (QED) is 0.703. The number of alkyl halides is 2. The van der Waals surface area contributed by atoms with Crippen molar-refractivity contribution >= 4 is 38.2 Å². The van der Waals surface area contributed by atoms with Crippen molar-refractivity contribution in [2.75, 3.05) is 5.32 Å². The standard InChI is InChI=1S/C16H17F2N5O3S2/c1-2-3-7-10(14(24)20-16-22-21-15(27-16)12(17)18)19-13-9-6-4-5-8-11(9)28(25,26)23-13/h4-6,8,10,12H,2-3,7H2,1H3,(H,19,23)(H,20,22,24). The number of nitrogens with zero attached hydrogens (tertiary/aromatic N) is 3. The molecule has 0 saturated carbocycles. The molecule has 1 aromatic carbocycles. The minimum Gasteiger partial charge on any atom is -0.299 e. The Morgan fingerprint density at radius 1 is 1.32 bits per heavy atom. The average Bonchev–Trinajstić information content (AvgIpc) is 3.22. The van der Waals surface area contributed by atoms with Crippen molar-refractivity contribution in [2.24, 2.45) is 4.99 Å². The second kappa shape index (κ2) is 8.27. The Hall–Kier alpha value is -2.47. The molecule has 8 nitrogen and oxygen atoms in total. The van der Waals surface area contributed by atoms with Gasteiger partial charge in [-0.15, -0.1) is 10.2 Å². The van der Waals surface area contributed by atoms with Gasteiger partial charge < -0.3 is 0 Å². The van der Waals surface area contributed by atoms with Crippen LogP contribution in [-0.2, 0) is 14.8 Å². The van der Waals surface area contributed by atoms with E-state index in [4.69, 9.17) is 0 Å². The summed E-state index contributed by atoms with van der Waals surface area (Å²) in [5.41, 5.74) is 0.382. The van der Waals surface area contributed by atoms with Gasteiger partial charge in [-0.05, 0) is 18.6 Å². The summed E-state index contributed by atoms with van der Waals surface area (Å²) >= 11 is 0.577. The molecule has 2 aromatic rings. The molecule has 28 heavy (non-hydrogen) atoms. The number of carbonyl (C=O) groups is 1. The van der Waals surface area contributed by atoms with E-state index in [9.17, 15) is 22.0 Å². The molecule has 150 valence electrons. The number of amides is 1. The highest BCUT2D eigenvalue weighted by molar-refractivity contribution is 7.90. The number of carbonyl (C=O) groups excluding carboxylic acids is 1. The Morgan fingerprint density at radius 3 is 2.75 bits per heavy atom. The zero-order chi connectivity index (χ0) is 20.3. The van der Waals surface area contributed by atoms with E-state index in [1.54, 1.807) is 18.2 Å². The van der Waals surface area contributed by atoms with Gasteiger partial charge in [-0.25, -0.2) is 17.2 Å². The topological polar surface area (TPSA) is 113 Å². The number of nitrogens with one attached hydrogen (secondary N) is 2. The lowest BCUT2D eigenvalue weighted by atomic mass is 10.1. The maximum Gasteiger partial charge on any atom is 0.291 e. The number of sulfonamides is 1. The van der Waals surface area contributed by atoms with E-state index in [0.29, 0.717) is 29.7 Å². The molecule has 0 radical (unpaired) electrons. The highest BCUT2D eigenvalue weighted by atomic mass is 32.2. The molecule has 0 aliphatic carbocycles. The first-order valence-electron chi connectivity index (χ1n) is 8.44. The van der Waals surface area contributed by atoms with Crippen LogP contribution in [0.3, 0.4) is 0 Å². The number of amidine groups is 1. The van der Waals surface area contributed by atoms with Crippen LogP contribution in [0, 0.1) is 0 Å². The zero-order valence-electron chi connectivity index (χ0n) is 14.7. The number of hydrogen-bond acceptors (Lipinski definition) is 7. The number of aromatic nitrogens is 2. The number of fused-ring (bicyclic) bond motifs is 1. The summed E-state index contributed by atoms with van der Waals surface area (Å²) in [5, 5.41) is 8.72. The Bertz CT molecular complexity index is 1010. The first-order valence-corrected chi connectivity index (χ1v) is 10.7. The van der Waals surface area contributed by atoms with Gasteiger partial charge in [0.05, 0.1) is 4.90 Å². The van der Waals surface area contributed by atoms with Gasteiger partial charge in [0.25, 0.3) is 22.4 Å². The lowest BCUT2D eigenvalue weighted by molar-refractivity contribution is -0.117. The van der Waals surface area contributed by atoms with Crippen LogP contribution in [0.1, 0.15) is 43.2 Å². The molecule has 0 saturated heterocycles. The summed E-state index contributed by atoms with van der Waals surface area (Å²) < 4.78 is 52.0. The van der Waals surface area contributed by atoms with E-state index in [-0.39, 0.29) is 15.9 Å². The van der Waals surface area contributed by atoms with Crippen molar-refractivity contribution in [1.29, 1.82) is 0 Å². The van der Waals surface area contributed by atoms with Gasteiger partial charge in [0.15, 0.2) is 5.01 Å². The molecule has 2 N–H and O–H groups in total. The highest BCUT2D eigenvalue weighted by Crippen LogP contribution is 2.26. The second-order valence-corrected chi connectivity index (χ2v) is 8.63. The Balaban J connectivity index is 1.86. The second-order valence-electron chi connectivity index (χ2n) is 5.97. The molecule has 0 spiro atoms. The van der Waals surface area contributed by atoms with Crippen molar-refractivity contribution in [2.45, 2.75) is 43.5 Å². The lowest BCUT2D eigenvalue weighted by Gasteiger charge is -2.12. The maximum atomic E-state index is 12.6. The van der Waals surface area contributed by atoms with Gasteiger partial charge in [0, 0.05) is 5.56 Å². The van der Waals surface area contributed by atoms with Crippen molar-refractivity contribution in [3.05, 3.63) is 34.8 Å². The normalized spacial score (nSPS) is 17.4. The van der Waals surface area contributed by atoms with Crippen LogP contribution >= 0.6 is 11.3 Å². The predicted octanol–water partition coefficient (Wildman–Crippen LogP) is 2.71. The zero-order valence-corrected chi connectivity index (χ0v) is 16.4. The number of halogens is 2. The minimum atomic E-state index is -3.73. The molecular weight excluding hydrogens is 412 g/mol. The fraction of sp³-hybridized carbons (Fsp3) is 0.375. The molecule has 0 fully saturated rings. The van der Waals surface area contributed by atoms with E-state index in [1.807, 2.05) is 6.92 Å². The fourth-order valence-electron chi connectivity index (χ4n) is 2.60. The van der Waals surface area contributed by atoms with Gasteiger partial charge in [-0.3, -0.25) is 19.8 Å². The molecule has 3 rings (SSSR count). The molecule has 1 atom stereocenters. The number of rotatable bonds is 7. The lowest BCUT2D eigenvalue weighted by Crippen LogP contribution is -2.30. The van der Waals surface area contributed by atoms with Gasteiger partial charge in [0.2, 0.25) is 5.13 Å². The molecule has 1 aliphatic heterocycles. The van der Waals surface area contributed by atoms with Gasteiger partial charge >= 0.3 is 0 Å². The number of aliphatic imine (C=N–C) groups is 1. The van der Waals surface area contributed by atoms with Crippen molar-refractivity contribution < 1.29 is 22.0 Å². The van der Waals surface area contributed by atoms with Crippen LogP contribution in [0.5, 0.6) is 0 Å². The first kappa shape index (κ1) is 20.3. The van der Waals surface area contributed by atoms with Crippen LogP contribution in [0.4, 0.5) is 13.9 Å². The molecule has 12 heteroatoms. The van der Waals surface area contributed by atoms with Crippen LogP contribution in [0.2, 0.25) is 0 Å². The highest BCUT2D eigenvalue weighted by Gasteiger charge is 2.32. The molecule has 1 unspecified atom stereocenters. The predicted molar refractivity (Wildman–Crippen MR) is 100 cm³/mol. The number of anilines is 1. The minimum absolute atomic E-state index is 0.0607. The van der Waals surface area contributed by atoms with Gasteiger partial charge in [-0.2, -0.15) is 0 Å². The van der Waals surface area contributed by atoms with Crippen molar-refractivity contribution in [1.82, 2.24) is 14.9 Å². The molecular formula is C16H17F2N5O3S2. The summed E-state index contributed by atoms with van der Waals surface area (Å²) in [5.74, 6) is -0.487. The molecule has 1 aromatic heterocycles. The Kier molecular flexibility index (Phi) is 5.98. The summed E-state index contributed by atoms with van der Waals surface area (Å²) in [6.07, 6.45) is -0.952. The fourth-order valence-corrected chi connectivity index (χ4v) is 4.44. The SMILES string of the molecule is CCCCC(N=C1NS(=O)(=O)c2ccccc21)C(=O)Nc1nnc(C(F)F)s1. The number of unbranched alkanes of at least 4 members (excludes halogenated alkanes) is 1.